The standard InChI is InChI=1S/C11H17ClO4/c1-3-5-6-9(12)16-11(14)8-7-10(13)15-4-2/h7-9H,3-6H2,1-2H3/b8-7-. The average Bonchev–Trinajstić information content (AvgIpc) is 2.24. The van der Waals surface area contributed by atoms with Gasteiger partial charge in [0.15, 0.2) is 5.56 Å². The summed E-state index contributed by atoms with van der Waals surface area (Å²) in [6, 6.07) is 0. The molecule has 1 atom stereocenters. The Morgan fingerprint density at radius 2 is 1.88 bits per heavy atom. The van der Waals surface area contributed by atoms with Crippen LogP contribution in [0.3, 0.4) is 0 Å². The van der Waals surface area contributed by atoms with Crippen molar-refractivity contribution in [2.24, 2.45) is 0 Å². The van der Waals surface area contributed by atoms with Crippen LogP contribution >= 0.6 is 11.6 Å². The fraction of sp³-hybridized carbons (Fsp3) is 0.636. The number of hydrogen-bond donors (Lipinski definition) is 0. The highest BCUT2D eigenvalue weighted by Crippen LogP contribution is 2.09. The molecule has 0 radical (unpaired) electrons. The van der Waals surface area contributed by atoms with E-state index in [9.17, 15) is 9.59 Å². The summed E-state index contributed by atoms with van der Waals surface area (Å²) in [6.45, 7) is 3.97. The number of carbonyl (C=O) groups excluding carboxylic acids is 2. The summed E-state index contributed by atoms with van der Waals surface area (Å²) >= 11 is 5.74. The molecule has 0 aromatic heterocycles. The van der Waals surface area contributed by atoms with Crippen molar-refractivity contribution in [3.8, 4) is 0 Å². The number of carbonyl (C=O) groups is 2. The lowest BCUT2D eigenvalue weighted by molar-refractivity contribution is -0.141. The lowest BCUT2D eigenvalue weighted by Crippen LogP contribution is -2.11. The van der Waals surface area contributed by atoms with E-state index >= 15 is 0 Å². The zero-order chi connectivity index (χ0) is 12.4. The normalized spacial score (nSPS) is 12.4. The van der Waals surface area contributed by atoms with Crippen molar-refractivity contribution in [1.29, 1.82) is 0 Å². The molecule has 1 unspecified atom stereocenters. The molecule has 0 aliphatic heterocycles. The third kappa shape index (κ3) is 8.29. The van der Waals surface area contributed by atoms with E-state index in [1.807, 2.05) is 6.92 Å². The van der Waals surface area contributed by atoms with E-state index in [0.29, 0.717) is 6.42 Å². The summed E-state index contributed by atoms with van der Waals surface area (Å²) in [6.07, 6.45) is 4.52. The fourth-order valence-electron chi connectivity index (χ4n) is 0.915. The van der Waals surface area contributed by atoms with E-state index in [2.05, 4.69) is 4.74 Å². The molecular formula is C11H17ClO4. The predicted molar refractivity (Wildman–Crippen MR) is 61.0 cm³/mol. The molecule has 0 amide bonds. The Morgan fingerprint density at radius 3 is 2.44 bits per heavy atom. The van der Waals surface area contributed by atoms with Gasteiger partial charge in [0.05, 0.1) is 6.61 Å². The van der Waals surface area contributed by atoms with Crippen LogP contribution in [-0.4, -0.2) is 24.1 Å². The maximum Gasteiger partial charge on any atom is 0.332 e. The molecule has 92 valence electrons. The molecule has 4 nitrogen and oxygen atoms in total. The molecule has 0 bridgehead atoms. The van der Waals surface area contributed by atoms with Crippen LogP contribution in [0.4, 0.5) is 0 Å². The highest BCUT2D eigenvalue weighted by molar-refractivity contribution is 6.20. The Kier molecular flexibility index (Phi) is 8.62. The monoisotopic (exact) mass is 248 g/mol. The Morgan fingerprint density at radius 1 is 1.25 bits per heavy atom. The van der Waals surface area contributed by atoms with E-state index in [0.717, 1.165) is 25.0 Å². The van der Waals surface area contributed by atoms with Gasteiger partial charge in [0.2, 0.25) is 0 Å². The van der Waals surface area contributed by atoms with Gasteiger partial charge in [0, 0.05) is 12.2 Å². The van der Waals surface area contributed by atoms with Crippen LogP contribution in [0.15, 0.2) is 12.2 Å². The minimum absolute atomic E-state index is 0.271. The van der Waals surface area contributed by atoms with Crippen molar-refractivity contribution in [3.63, 3.8) is 0 Å². The van der Waals surface area contributed by atoms with E-state index in [4.69, 9.17) is 16.3 Å². The number of alkyl halides is 1. The average molecular weight is 249 g/mol. The first-order valence-electron chi connectivity index (χ1n) is 5.29. The van der Waals surface area contributed by atoms with Gasteiger partial charge in [0.25, 0.3) is 0 Å². The van der Waals surface area contributed by atoms with Crippen molar-refractivity contribution in [2.75, 3.05) is 6.61 Å². The summed E-state index contributed by atoms with van der Waals surface area (Å²) < 4.78 is 9.41. The number of rotatable bonds is 7. The van der Waals surface area contributed by atoms with Gasteiger partial charge in [-0.2, -0.15) is 0 Å². The number of unbranched alkanes of at least 4 members (excludes halogenated alkanes) is 1. The molecule has 0 heterocycles. The summed E-state index contributed by atoms with van der Waals surface area (Å²) in [4.78, 5) is 22.0. The van der Waals surface area contributed by atoms with E-state index in [1.165, 1.54) is 0 Å². The molecule has 0 aromatic rings. The molecule has 0 fully saturated rings. The van der Waals surface area contributed by atoms with Gasteiger partial charge < -0.3 is 9.47 Å². The van der Waals surface area contributed by atoms with Crippen LogP contribution in [-0.2, 0) is 19.1 Å². The Bertz CT molecular complexity index is 250. The summed E-state index contributed by atoms with van der Waals surface area (Å²) in [7, 11) is 0. The largest absolute Gasteiger partial charge is 0.463 e. The van der Waals surface area contributed by atoms with E-state index in [1.54, 1.807) is 6.92 Å². The summed E-state index contributed by atoms with van der Waals surface area (Å²) in [5.74, 6) is -1.21. The number of esters is 2. The smallest absolute Gasteiger partial charge is 0.332 e. The Labute approximate surface area is 101 Å². The van der Waals surface area contributed by atoms with Gasteiger partial charge in [-0.3, -0.25) is 0 Å². The summed E-state index contributed by atoms with van der Waals surface area (Å²) in [5.41, 5.74) is -0.640. The van der Waals surface area contributed by atoms with Crippen LogP contribution < -0.4 is 0 Å². The van der Waals surface area contributed by atoms with Gasteiger partial charge in [-0.25, -0.2) is 9.59 Å². The molecule has 0 saturated carbocycles. The van der Waals surface area contributed by atoms with Gasteiger partial charge in [-0.1, -0.05) is 24.9 Å². The second-order valence-corrected chi connectivity index (χ2v) is 3.56. The first-order chi connectivity index (χ1) is 7.60. The molecule has 0 aromatic carbocycles. The third-order valence-electron chi connectivity index (χ3n) is 1.67. The first-order valence-corrected chi connectivity index (χ1v) is 5.73. The van der Waals surface area contributed by atoms with Crippen LogP contribution in [0.25, 0.3) is 0 Å². The van der Waals surface area contributed by atoms with Crippen LogP contribution in [0.5, 0.6) is 0 Å². The lowest BCUT2D eigenvalue weighted by atomic mass is 10.3. The van der Waals surface area contributed by atoms with Gasteiger partial charge in [0.1, 0.15) is 0 Å². The minimum Gasteiger partial charge on any atom is -0.463 e. The highest BCUT2D eigenvalue weighted by atomic mass is 35.5. The van der Waals surface area contributed by atoms with Crippen molar-refractivity contribution in [2.45, 2.75) is 38.7 Å². The predicted octanol–water partition coefficient (Wildman–Crippen LogP) is 2.40. The number of hydrogen-bond acceptors (Lipinski definition) is 4. The Balaban J connectivity index is 3.84. The maximum absolute atomic E-state index is 11.1. The van der Waals surface area contributed by atoms with Gasteiger partial charge in [-0.05, 0) is 19.8 Å². The van der Waals surface area contributed by atoms with E-state index < -0.39 is 17.5 Å². The number of halogens is 1. The van der Waals surface area contributed by atoms with Gasteiger partial charge >= 0.3 is 11.9 Å². The van der Waals surface area contributed by atoms with Crippen LogP contribution in [0, 0.1) is 0 Å². The van der Waals surface area contributed by atoms with E-state index in [-0.39, 0.29) is 6.61 Å². The zero-order valence-electron chi connectivity index (χ0n) is 9.57. The molecule has 0 spiro atoms. The zero-order valence-corrected chi connectivity index (χ0v) is 10.3. The van der Waals surface area contributed by atoms with Crippen molar-refractivity contribution in [1.82, 2.24) is 0 Å². The molecular weight excluding hydrogens is 232 g/mol. The Hall–Kier alpha value is -1.03. The molecule has 0 N–H and O–H groups in total. The molecule has 0 aliphatic rings. The summed E-state index contributed by atoms with van der Waals surface area (Å²) in [5, 5.41) is 0. The molecule has 0 saturated heterocycles. The highest BCUT2D eigenvalue weighted by Gasteiger charge is 2.08. The minimum atomic E-state index is -0.640. The molecule has 5 heteroatoms. The second-order valence-electron chi connectivity index (χ2n) is 3.07. The topological polar surface area (TPSA) is 52.6 Å². The molecule has 16 heavy (non-hydrogen) atoms. The van der Waals surface area contributed by atoms with Crippen LogP contribution in [0.2, 0.25) is 0 Å². The lowest BCUT2D eigenvalue weighted by Gasteiger charge is -2.08. The second kappa shape index (κ2) is 9.21. The van der Waals surface area contributed by atoms with Gasteiger partial charge in [-0.15, -0.1) is 0 Å². The third-order valence-corrected chi connectivity index (χ3v) is 1.98. The van der Waals surface area contributed by atoms with Crippen molar-refractivity contribution >= 4 is 23.5 Å². The van der Waals surface area contributed by atoms with Crippen LogP contribution in [0.1, 0.15) is 33.1 Å². The first kappa shape index (κ1) is 15.0. The maximum atomic E-state index is 11.1. The molecule has 0 rings (SSSR count). The van der Waals surface area contributed by atoms with Crippen molar-refractivity contribution in [3.05, 3.63) is 12.2 Å². The SMILES string of the molecule is CCCCC(Cl)OC(=O)/C=C\C(=O)OCC. The molecule has 0 aliphatic carbocycles. The quantitative estimate of drug-likeness (QED) is 0.394. The number of ether oxygens (including phenoxy) is 2. The van der Waals surface area contributed by atoms with Crippen molar-refractivity contribution < 1.29 is 19.1 Å². The fourth-order valence-corrected chi connectivity index (χ4v) is 1.16.